The molecule has 0 heterocycles. The van der Waals surface area contributed by atoms with E-state index in [1.165, 1.54) is 13.8 Å². The van der Waals surface area contributed by atoms with Gasteiger partial charge in [-0.2, -0.15) is 13.2 Å². The van der Waals surface area contributed by atoms with Gasteiger partial charge in [-0.1, -0.05) is 0 Å². The first-order valence-electron chi connectivity index (χ1n) is 4.09. The number of amides is 1. The largest absolute Gasteiger partial charge is 0.471 e. The van der Waals surface area contributed by atoms with Crippen molar-refractivity contribution in [3.8, 4) is 0 Å². The van der Waals surface area contributed by atoms with Gasteiger partial charge < -0.3 is 10.2 Å². The summed E-state index contributed by atoms with van der Waals surface area (Å²) in [6.07, 6.45) is -4.82. The molecule has 0 aliphatic heterocycles. The molecule has 3 nitrogen and oxygen atoms in total. The van der Waals surface area contributed by atoms with E-state index in [2.05, 4.69) is 0 Å². The molecule has 0 aromatic heterocycles. The van der Waals surface area contributed by atoms with Crippen LogP contribution in [0.1, 0.15) is 13.8 Å². The third-order valence-corrected chi connectivity index (χ3v) is 1.42. The molecule has 0 fully saturated rings. The summed E-state index contributed by atoms with van der Waals surface area (Å²) in [7, 11) is 3.45. The third kappa shape index (κ3) is 5.06. The van der Waals surface area contributed by atoms with Crippen LogP contribution >= 0.6 is 0 Å². The Kier molecular flexibility index (Phi) is 3.93. The highest BCUT2D eigenvalue weighted by molar-refractivity contribution is 5.82. The van der Waals surface area contributed by atoms with Gasteiger partial charge in [0.2, 0.25) is 0 Å². The van der Waals surface area contributed by atoms with Crippen molar-refractivity contribution in [1.82, 2.24) is 10.2 Å². The van der Waals surface area contributed by atoms with Gasteiger partial charge in [-0.3, -0.25) is 4.79 Å². The zero-order chi connectivity index (χ0) is 11.6. The molecule has 0 saturated carbocycles. The van der Waals surface area contributed by atoms with Crippen LogP contribution in [0.4, 0.5) is 13.2 Å². The number of carbonyl (C=O) groups is 1. The van der Waals surface area contributed by atoms with Crippen LogP contribution in [0.3, 0.4) is 0 Å². The lowest BCUT2D eigenvalue weighted by Gasteiger charge is -2.29. The molecule has 0 spiro atoms. The average molecular weight is 212 g/mol. The van der Waals surface area contributed by atoms with E-state index in [-0.39, 0.29) is 0 Å². The minimum Gasteiger partial charge on any atom is -0.342 e. The lowest BCUT2D eigenvalue weighted by Crippen LogP contribution is -2.53. The molecule has 0 unspecified atom stereocenters. The molecule has 0 atom stereocenters. The molecule has 0 radical (unpaired) electrons. The van der Waals surface area contributed by atoms with Crippen LogP contribution in [0.5, 0.6) is 0 Å². The fraction of sp³-hybridized carbons (Fsp3) is 0.875. The minimum absolute atomic E-state index is 0.342. The van der Waals surface area contributed by atoms with Gasteiger partial charge in [-0.05, 0) is 27.9 Å². The SMILES string of the molecule is CN(C)CC(C)(C)NC(=O)C(F)(F)F. The lowest BCUT2D eigenvalue weighted by molar-refractivity contribution is -0.175. The third-order valence-electron chi connectivity index (χ3n) is 1.42. The maximum absolute atomic E-state index is 11.9. The normalized spacial score (nSPS) is 13.1. The van der Waals surface area contributed by atoms with E-state index in [4.69, 9.17) is 0 Å². The summed E-state index contributed by atoms with van der Waals surface area (Å²) in [5, 5.41) is 1.92. The number of nitrogens with zero attached hydrogens (tertiary/aromatic N) is 1. The Morgan fingerprint density at radius 3 is 2.00 bits per heavy atom. The van der Waals surface area contributed by atoms with Crippen LogP contribution in [0, 0.1) is 0 Å². The Hall–Kier alpha value is -0.780. The molecule has 6 heteroatoms. The zero-order valence-corrected chi connectivity index (χ0v) is 8.70. The molecule has 0 aromatic carbocycles. The minimum atomic E-state index is -4.82. The summed E-state index contributed by atoms with van der Waals surface area (Å²) in [4.78, 5) is 12.3. The highest BCUT2D eigenvalue weighted by Crippen LogP contribution is 2.16. The molecule has 0 aliphatic carbocycles. The summed E-state index contributed by atoms with van der Waals surface area (Å²) in [5.41, 5.74) is -0.893. The van der Waals surface area contributed by atoms with E-state index in [0.717, 1.165) is 0 Å². The van der Waals surface area contributed by atoms with Crippen molar-refractivity contribution in [2.45, 2.75) is 25.6 Å². The number of hydrogen-bond acceptors (Lipinski definition) is 2. The predicted molar refractivity (Wildman–Crippen MR) is 46.8 cm³/mol. The Bertz CT molecular complexity index is 211. The van der Waals surface area contributed by atoms with Crippen molar-refractivity contribution in [2.24, 2.45) is 0 Å². The Labute approximate surface area is 81.3 Å². The van der Waals surface area contributed by atoms with E-state index >= 15 is 0 Å². The molecule has 1 amide bonds. The first kappa shape index (κ1) is 13.2. The van der Waals surface area contributed by atoms with Crippen molar-refractivity contribution >= 4 is 5.91 Å². The fourth-order valence-electron chi connectivity index (χ4n) is 1.21. The Morgan fingerprint density at radius 2 is 1.71 bits per heavy atom. The molecule has 0 aromatic rings. The number of hydrogen-bond donors (Lipinski definition) is 1. The summed E-state index contributed by atoms with van der Waals surface area (Å²) in [6, 6.07) is 0. The first-order valence-corrected chi connectivity index (χ1v) is 4.09. The van der Waals surface area contributed by atoms with Crippen LogP contribution < -0.4 is 5.32 Å². The second-order valence-electron chi connectivity index (χ2n) is 4.07. The lowest BCUT2D eigenvalue weighted by atomic mass is 10.1. The van der Waals surface area contributed by atoms with Gasteiger partial charge in [-0.15, -0.1) is 0 Å². The highest BCUT2D eigenvalue weighted by atomic mass is 19.4. The molecule has 1 N–H and O–H groups in total. The maximum Gasteiger partial charge on any atom is 0.471 e. The zero-order valence-electron chi connectivity index (χ0n) is 8.70. The summed E-state index contributed by atoms with van der Waals surface area (Å²) in [5.74, 6) is -1.90. The number of carbonyl (C=O) groups excluding carboxylic acids is 1. The van der Waals surface area contributed by atoms with Gasteiger partial charge in [0.15, 0.2) is 0 Å². The van der Waals surface area contributed by atoms with Crippen molar-refractivity contribution in [3.05, 3.63) is 0 Å². The van der Waals surface area contributed by atoms with E-state index in [1.54, 1.807) is 19.0 Å². The van der Waals surface area contributed by atoms with E-state index in [9.17, 15) is 18.0 Å². The summed E-state index contributed by atoms with van der Waals surface area (Å²) in [6.45, 7) is 3.42. The topological polar surface area (TPSA) is 32.3 Å². The van der Waals surface area contributed by atoms with Gasteiger partial charge in [0.1, 0.15) is 0 Å². The number of rotatable bonds is 3. The standard InChI is InChI=1S/C8H15F3N2O/c1-7(2,5-13(3)4)12-6(14)8(9,10)11/h5H2,1-4H3,(H,12,14). The van der Waals surface area contributed by atoms with Crippen molar-refractivity contribution < 1.29 is 18.0 Å². The molecule has 0 rings (SSSR count). The summed E-state index contributed by atoms with van der Waals surface area (Å²) < 4.78 is 35.7. The second kappa shape index (κ2) is 4.16. The summed E-state index contributed by atoms with van der Waals surface area (Å²) >= 11 is 0. The number of halogens is 3. The van der Waals surface area contributed by atoms with Crippen LogP contribution in [-0.4, -0.2) is 43.2 Å². The molecule has 14 heavy (non-hydrogen) atoms. The predicted octanol–water partition coefficient (Wildman–Crippen LogP) is 1.01. The molecule has 0 aliphatic rings. The van der Waals surface area contributed by atoms with Crippen LogP contribution in [0.15, 0.2) is 0 Å². The van der Waals surface area contributed by atoms with Crippen LogP contribution in [0.25, 0.3) is 0 Å². The van der Waals surface area contributed by atoms with Gasteiger partial charge in [-0.25, -0.2) is 0 Å². The average Bonchev–Trinajstić information content (AvgIpc) is 1.79. The smallest absolute Gasteiger partial charge is 0.342 e. The van der Waals surface area contributed by atoms with Gasteiger partial charge in [0, 0.05) is 12.1 Å². The van der Waals surface area contributed by atoms with Gasteiger partial charge in [0.05, 0.1) is 0 Å². The quantitative estimate of drug-likeness (QED) is 0.757. The van der Waals surface area contributed by atoms with Crippen molar-refractivity contribution in [2.75, 3.05) is 20.6 Å². The molecule has 84 valence electrons. The molecule has 0 saturated heterocycles. The van der Waals surface area contributed by atoms with Crippen LogP contribution in [0.2, 0.25) is 0 Å². The van der Waals surface area contributed by atoms with E-state index < -0.39 is 17.6 Å². The Balaban J connectivity index is 4.30. The second-order valence-corrected chi connectivity index (χ2v) is 4.07. The van der Waals surface area contributed by atoms with Crippen LogP contribution in [-0.2, 0) is 4.79 Å². The maximum atomic E-state index is 11.9. The van der Waals surface area contributed by atoms with Crippen molar-refractivity contribution in [1.29, 1.82) is 0 Å². The number of nitrogens with one attached hydrogen (secondary N) is 1. The molecular formula is C8H15F3N2O. The highest BCUT2D eigenvalue weighted by Gasteiger charge is 2.41. The monoisotopic (exact) mass is 212 g/mol. The van der Waals surface area contributed by atoms with Crippen molar-refractivity contribution in [3.63, 3.8) is 0 Å². The Morgan fingerprint density at radius 1 is 1.29 bits per heavy atom. The molecule has 0 bridgehead atoms. The van der Waals surface area contributed by atoms with Gasteiger partial charge in [0.25, 0.3) is 0 Å². The van der Waals surface area contributed by atoms with E-state index in [1.807, 2.05) is 5.32 Å². The molecular weight excluding hydrogens is 197 g/mol. The number of alkyl halides is 3. The number of likely N-dealkylation sites (N-methyl/N-ethyl adjacent to an activating group) is 1. The fourth-order valence-corrected chi connectivity index (χ4v) is 1.21. The van der Waals surface area contributed by atoms with E-state index in [0.29, 0.717) is 6.54 Å². The van der Waals surface area contributed by atoms with Gasteiger partial charge >= 0.3 is 12.1 Å². The first-order chi connectivity index (χ1) is 6.04.